The minimum absolute atomic E-state index is 0.183. The molecular weight excluding hydrogens is 245 g/mol. The van der Waals surface area contributed by atoms with E-state index in [9.17, 15) is 9.36 Å². The minimum Gasteiger partial charge on any atom is -0.481 e. The molecule has 1 atom stereocenters. The molecule has 0 aliphatic carbocycles. The molecule has 94 valence electrons. The minimum atomic E-state index is -4.07. The lowest BCUT2D eigenvalue weighted by molar-refractivity contribution is -0.137. The molecule has 0 fully saturated rings. The van der Waals surface area contributed by atoms with Crippen LogP contribution in [0.1, 0.15) is 23.6 Å². The lowest BCUT2D eigenvalue weighted by atomic mass is 10.0. The number of carboxylic acids is 1. The molecular formula is C10H14NO5P. The molecule has 0 amide bonds. The fourth-order valence-corrected chi connectivity index (χ4v) is 2.10. The first-order valence-corrected chi connectivity index (χ1v) is 6.68. The Bertz CT molecular complexity index is 439. The topological polar surface area (TPSA) is 121 Å². The summed E-state index contributed by atoms with van der Waals surface area (Å²) >= 11 is 0. The maximum absolute atomic E-state index is 10.8. The number of benzene rings is 1. The zero-order chi connectivity index (χ0) is 13.1. The van der Waals surface area contributed by atoms with E-state index in [-0.39, 0.29) is 12.6 Å². The van der Waals surface area contributed by atoms with E-state index in [1.54, 1.807) is 12.1 Å². The maximum atomic E-state index is 10.8. The average Bonchev–Trinajstić information content (AvgIpc) is 2.15. The van der Waals surface area contributed by atoms with Gasteiger partial charge in [0, 0.05) is 6.04 Å². The third-order valence-electron chi connectivity index (χ3n) is 2.19. The van der Waals surface area contributed by atoms with Crippen LogP contribution in [0, 0.1) is 0 Å². The standard InChI is InChI=1S/C10H14NO5P/c11-9(5-10(12)13)8-3-1-7(2-4-8)6-17(14,15)16/h1-4,9H,5-6,11H2,(H,12,13)(H2,14,15,16)/t9-/m0/s1. The summed E-state index contributed by atoms with van der Waals surface area (Å²) in [5.74, 6) is -0.989. The van der Waals surface area contributed by atoms with Crippen LogP contribution in [0.5, 0.6) is 0 Å². The zero-order valence-corrected chi connectivity index (χ0v) is 9.88. The number of carboxylic acid groups (broad SMARTS) is 1. The summed E-state index contributed by atoms with van der Waals surface area (Å²) in [5.41, 5.74) is 6.76. The third kappa shape index (κ3) is 5.10. The van der Waals surface area contributed by atoms with Crippen LogP contribution < -0.4 is 5.73 Å². The van der Waals surface area contributed by atoms with E-state index in [0.717, 1.165) is 0 Å². The Hall–Kier alpha value is -1.20. The van der Waals surface area contributed by atoms with Gasteiger partial charge >= 0.3 is 13.6 Å². The highest BCUT2D eigenvalue weighted by Gasteiger charge is 2.15. The average molecular weight is 259 g/mol. The predicted molar refractivity (Wildman–Crippen MR) is 61.4 cm³/mol. The van der Waals surface area contributed by atoms with Crippen LogP contribution in [-0.2, 0) is 15.5 Å². The highest BCUT2D eigenvalue weighted by atomic mass is 31.2. The van der Waals surface area contributed by atoms with Crippen molar-refractivity contribution in [3.05, 3.63) is 35.4 Å². The summed E-state index contributed by atoms with van der Waals surface area (Å²) in [6.07, 6.45) is -0.515. The van der Waals surface area contributed by atoms with Crippen molar-refractivity contribution in [1.29, 1.82) is 0 Å². The third-order valence-corrected chi connectivity index (χ3v) is 2.97. The molecule has 6 nitrogen and oxygen atoms in total. The van der Waals surface area contributed by atoms with E-state index in [0.29, 0.717) is 11.1 Å². The van der Waals surface area contributed by atoms with Crippen molar-refractivity contribution in [2.45, 2.75) is 18.6 Å². The van der Waals surface area contributed by atoms with E-state index in [1.807, 2.05) is 0 Å². The van der Waals surface area contributed by atoms with Gasteiger partial charge in [0.15, 0.2) is 0 Å². The smallest absolute Gasteiger partial charge is 0.329 e. The Balaban J connectivity index is 2.74. The summed E-state index contributed by atoms with van der Waals surface area (Å²) in [4.78, 5) is 28.0. The van der Waals surface area contributed by atoms with Gasteiger partial charge in [-0.25, -0.2) is 0 Å². The molecule has 0 saturated heterocycles. The number of hydrogen-bond acceptors (Lipinski definition) is 3. The summed E-state index contributed by atoms with van der Waals surface area (Å²) < 4.78 is 10.8. The van der Waals surface area contributed by atoms with Crippen molar-refractivity contribution in [3.63, 3.8) is 0 Å². The Morgan fingerprint density at radius 3 is 2.24 bits per heavy atom. The Kier molecular flexibility index (Phi) is 4.42. The molecule has 1 aromatic rings. The highest BCUT2D eigenvalue weighted by Crippen LogP contribution is 2.39. The van der Waals surface area contributed by atoms with Gasteiger partial charge in [0.1, 0.15) is 0 Å². The Labute approximate surface area is 98.2 Å². The molecule has 0 saturated carbocycles. The molecule has 0 heterocycles. The molecule has 0 unspecified atom stereocenters. The number of nitrogens with two attached hydrogens (primary N) is 1. The first-order chi connectivity index (χ1) is 7.78. The van der Waals surface area contributed by atoms with Crippen LogP contribution in [0.2, 0.25) is 0 Å². The van der Waals surface area contributed by atoms with Crippen LogP contribution in [0.25, 0.3) is 0 Å². The van der Waals surface area contributed by atoms with Crippen LogP contribution in [0.4, 0.5) is 0 Å². The lowest BCUT2D eigenvalue weighted by Crippen LogP contribution is -2.14. The molecule has 0 aliphatic rings. The van der Waals surface area contributed by atoms with Gasteiger partial charge in [-0.2, -0.15) is 0 Å². The van der Waals surface area contributed by atoms with Gasteiger partial charge in [-0.15, -0.1) is 0 Å². The van der Waals surface area contributed by atoms with Crippen molar-refractivity contribution in [2.24, 2.45) is 5.73 Å². The van der Waals surface area contributed by atoms with Gasteiger partial charge in [0.25, 0.3) is 0 Å². The summed E-state index contributed by atoms with van der Waals surface area (Å²) in [5, 5.41) is 8.57. The van der Waals surface area contributed by atoms with Crippen LogP contribution in [0.3, 0.4) is 0 Å². The van der Waals surface area contributed by atoms with Crippen LogP contribution in [-0.4, -0.2) is 20.9 Å². The molecule has 17 heavy (non-hydrogen) atoms. The Morgan fingerprint density at radius 1 is 1.29 bits per heavy atom. The molecule has 0 radical (unpaired) electrons. The molecule has 5 N–H and O–H groups in total. The van der Waals surface area contributed by atoms with E-state index in [4.69, 9.17) is 20.6 Å². The molecule has 7 heteroatoms. The summed E-state index contributed by atoms with van der Waals surface area (Å²) in [7, 11) is -4.07. The molecule has 0 bridgehead atoms. The van der Waals surface area contributed by atoms with Crippen molar-refractivity contribution < 1.29 is 24.3 Å². The van der Waals surface area contributed by atoms with E-state index in [1.165, 1.54) is 12.1 Å². The van der Waals surface area contributed by atoms with E-state index < -0.39 is 19.6 Å². The van der Waals surface area contributed by atoms with Gasteiger partial charge in [0.2, 0.25) is 0 Å². The largest absolute Gasteiger partial charge is 0.481 e. The quantitative estimate of drug-likeness (QED) is 0.581. The molecule has 0 aromatic heterocycles. The molecule has 1 aromatic carbocycles. The highest BCUT2D eigenvalue weighted by molar-refractivity contribution is 7.50. The first kappa shape index (κ1) is 13.9. The molecule has 1 rings (SSSR count). The van der Waals surface area contributed by atoms with Gasteiger partial charge in [0.05, 0.1) is 12.6 Å². The zero-order valence-electron chi connectivity index (χ0n) is 8.98. The van der Waals surface area contributed by atoms with Gasteiger partial charge in [-0.05, 0) is 11.1 Å². The SMILES string of the molecule is N[C@@H](CC(=O)O)c1ccc(CP(=O)(O)O)cc1. The normalized spacial score (nSPS) is 13.4. The van der Waals surface area contributed by atoms with Crippen molar-refractivity contribution >= 4 is 13.6 Å². The summed E-state index contributed by atoms with van der Waals surface area (Å²) in [6, 6.07) is 5.63. The van der Waals surface area contributed by atoms with Crippen molar-refractivity contribution in [2.75, 3.05) is 0 Å². The number of aliphatic carboxylic acids is 1. The van der Waals surface area contributed by atoms with Crippen molar-refractivity contribution in [3.8, 4) is 0 Å². The van der Waals surface area contributed by atoms with E-state index in [2.05, 4.69) is 0 Å². The van der Waals surface area contributed by atoms with Gasteiger partial charge in [-0.1, -0.05) is 24.3 Å². The molecule has 0 aliphatic heterocycles. The number of rotatable bonds is 5. The molecule has 0 spiro atoms. The Morgan fingerprint density at radius 2 is 1.82 bits per heavy atom. The predicted octanol–water partition coefficient (Wildman–Crippen LogP) is 0.839. The summed E-state index contributed by atoms with van der Waals surface area (Å²) in [6.45, 7) is 0. The van der Waals surface area contributed by atoms with Crippen molar-refractivity contribution in [1.82, 2.24) is 0 Å². The lowest BCUT2D eigenvalue weighted by Gasteiger charge is -2.10. The fourth-order valence-electron chi connectivity index (χ4n) is 1.41. The van der Waals surface area contributed by atoms with Crippen LogP contribution in [0.15, 0.2) is 24.3 Å². The number of carbonyl (C=O) groups is 1. The van der Waals surface area contributed by atoms with E-state index >= 15 is 0 Å². The maximum Gasteiger partial charge on any atom is 0.329 e. The second-order valence-electron chi connectivity index (χ2n) is 3.77. The van der Waals surface area contributed by atoms with Gasteiger partial charge in [-0.3, -0.25) is 9.36 Å². The van der Waals surface area contributed by atoms with Crippen LogP contribution >= 0.6 is 7.60 Å². The first-order valence-electron chi connectivity index (χ1n) is 4.89. The fraction of sp³-hybridized carbons (Fsp3) is 0.300. The second kappa shape index (κ2) is 5.42. The monoisotopic (exact) mass is 259 g/mol. The van der Waals surface area contributed by atoms with Gasteiger partial charge < -0.3 is 20.6 Å². The second-order valence-corrected chi connectivity index (χ2v) is 5.41. The number of hydrogen-bond donors (Lipinski definition) is 4.